The van der Waals surface area contributed by atoms with Crippen molar-refractivity contribution in [2.24, 2.45) is 0 Å². The van der Waals surface area contributed by atoms with Gasteiger partial charge in [-0.15, -0.1) is 0 Å². The Labute approximate surface area is 141 Å². The van der Waals surface area contributed by atoms with Gasteiger partial charge in [-0.2, -0.15) is 0 Å². The van der Waals surface area contributed by atoms with Crippen LogP contribution in [-0.2, 0) is 19.6 Å². The second kappa shape index (κ2) is 8.19. The zero-order valence-corrected chi connectivity index (χ0v) is 14.6. The molecule has 0 radical (unpaired) electrons. The molecular weight excluding hydrogens is 310 g/mol. The molecule has 0 atom stereocenters. The van der Waals surface area contributed by atoms with Crippen molar-refractivity contribution in [3.63, 3.8) is 0 Å². The topological polar surface area (TPSA) is 58.4 Å². The number of nitro groups is 1. The molecule has 2 rings (SSSR count). The standard InChI is InChI=1S/C17H23N3O2S/c1-13(2)19(3)11-15-6-4-5-14(7-15)9-18-10-16-8-17(20(21)22)23-12-16/h4-8,12-13,18H,9-11H2,1-3H3. The van der Waals surface area contributed by atoms with Gasteiger partial charge in [0.25, 0.3) is 0 Å². The summed E-state index contributed by atoms with van der Waals surface area (Å²) in [6.07, 6.45) is 0. The first-order valence-corrected chi connectivity index (χ1v) is 8.54. The molecule has 0 aliphatic heterocycles. The molecule has 0 bridgehead atoms. The van der Waals surface area contributed by atoms with Crippen LogP contribution in [0.25, 0.3) is 0 Å². The minimum Gasteiger partial charge on any atom is -0.309 e. The highest BCUT2D eigenvalue weighted by Gasteiger charge is 2.09. The molecule has 2 aromatic rings. The third kappa shape index (κ3) is 5.42. The smallest absolute Gasteiger partial charge is 0.309 e. The van der Waals surface area contributed by atoms with E-state index < -0.39 is 0 Å². The van der Waals surface area contributed by atoms with E-state index in [1.54, 1.807) is 6.07 Å². The number of hydrogen-bond donors (Lipinski definition) is 1. The SMILES string of the molecule is CC(C)N(C)Cc1cccc(CNCc2csc([N+](=O)[O-])c2)c1. The van der Waals surface area contributed by atoms with E-state index in [-0.39, 0.29) is 9.92 Å². The van der Waals surface area contributed by atoms with Gasteiger partial charge < -0.3 is 5.32 Å². The van der Waals surface area contributed by atoms with Crippen molar-refractivity contribution in [1.82, 2.24) is 10.2 Å². The van der Waals surface area contributed by atoms with Crippen molar-refractivity contribution in [1.29, 1.82) is 0 Å². The van der Waals surface area contributed by atoms with Gasteiger partial charge in [0.1, 0.15) is 0 Å². The predicted octanol–water partition coefficient (Wildman–Crippen LogP) is 3.79. The fourth-order valence-corrected chi connectivity index (χ4v) is 2.94. The number of nitrogens with zero attached hydrogens (tertiary/aromatic N) is 2. The molecule has 0 unspecified atom stereocenters. The maximum Gasteiger partial charge on any atom is 0.324 e. The molecule has 6 heteroatoms. The van der Waals surface area contributed by atoms with E-state index in [0.29, 0.717) is 12.6 Å². The van der Waals surface area contributed by atoms with E-state index in [1.165, 1.54) is 22.5 Å². The van der Waals surface area contributed by atoms with Gasteiger partial charge in [-0.1, -0.05) is 35.6 Å². The maximum absolute atomic E-state index is 10.7. The molecule has 0 spiro atoms. The van der Waals surface area contributed by atoms with Gasteiger partial charge in [0, 0.05) is 37.1 Å². The normalized spacial score (nSPS) is 11.3. The quantitative estimate of drug-likeness (QED) is 0.590. The Kier molecular flexibility index (Phi) is 6.27. The molecule has 1 N–H and O–H groups in total. The highest BCUT2D eigenvalue weighted by Crippen LogP contribution is 2.22. The summed E-state index contributed by atoms with van der Waals surface area (Å²) in [4.78, 5) is 12.6. The highest BCUT2D eigenvalue weighted by molar-refractivity contribution is 7.13. The second-order valence-corrected chi connectivity index (χ2v) is 6.87. The van der Waals surface area contributed by atoms with Gasteiger partial charge in [-0.3, -0.25) is 15.0 Å². The number of hydrogen-bond acceptors (Lipinski definition) is 5. The summed E-state index contributed by atoms with van der Waals surface area (Å²) < 4.78 is 0. The Morgan fingerprint density at radius 2 is 1.91 bits per heavy atom. The molecule has 0 saturated heterocycles. The summed E-state index contributed by atoms with van der Waals surface area (Å²) in [6.45, 7) is 6.70. The fourth-order valence-electron chi connectivity index (χ4n) is 2.21. The van der Waals surface area contributed by atoms with Gasteiger partial charge in [-0.05, 0) is 37.6 Å². The first-order chi connectivity index (χ1) is 11.0. The summed E-state index contributed by atoms with van der Waals surface area (Å²) in [5.74, 6) is 0. The van der Waals surface area contributed by atoms with Gasteiger partial charge in [0.05, 0.1) is 4.92 Å². The van der Waals surface area contributed by atoms with E-state index in [9.17, 15) is 10.1 Å². The van der Waals surface area contributed by atoms with Crippen molar-refractivity contribution in [3.8, 4) is 0 Å². The van der Waals surface area contributed by atoms with E-state index >= 15 is 0 Å². The van der Waals surface area contributed by atoms with Crippen LogP contribution in [0.5, 0.6) is 0 Å². The van der Waals surface area contributed by atoms with Gasteiger partial charge in [-0.25, -0.2) is 0 Å². The molecule has 1 aromatic heterocycles. The second-order valence-electron chi connectivity index (χ2n) is 5.98. The minimum atomic E-state index is -0.344. The molecule has 5 nitrogen and oxygen atoms in total. The van der Waals surface area contributed by atoms with Crippen LogP contribution in [0.3, 0.4) is 0 Å². The lowest BCUT2D eigenvalue weighted by molar-refractivity contribution is -0.380. The van der Waals surface area contributed by atoms with Crippen molar-refractivity contribution in [3.05, 3.63) is 62.5 Å². The Morgan fingerprint density at radius 1 is 1.22 bits per heavy atom. The number of benzene rings is 1. The molecular formula is C17H23N3O2S. The van der Waals surface area contributed by atoms with E-state index in [0.717, 1.165) is 18.7 Å². The van der Waals surface area contributed by atoms with Crippen LogP contribution in [0.4, 0.5) is 5.00 Å². The average Bonchev–Trinajstić information content (AvgIpc) is 2.96. The Morgan fingerprint density at radius 3 is 2.57 bits per heavy atom. The summed E-state index contributed by atoms with van der Waals surface area (Å²) in [5, 5.41) is 16.0. The Bertz CT molecular complexity index is 655. The summed E-state index contributed by atoms with van der Waals surface area (Å²) >= 11 is 1.17. The van der Waals surface area contributed by atoms with E-state index in [2.05, 4.69) is 55.4 Å². The van der Waals surface area contributed by atoms with E-state index in [4.69, 9.17) is 0 Å². The zero-order chi connectivity index (χ0) is 16.8. The third-order valence-electron chi connectivity index (χ3n) is 3.78. The molecule has 1 aromatic carbocycles. The minimum absolute atomic E-state index is 0.195. The Balaban J connectivity index is 1.86. The van der Waals surface area contributed by atoms with Crippen LogP contribution >= 0.6 is 11.3 Å². The first-order valence-electron chi connectivity index (χ1n) is 7.66. The zero-order valence-electron chi connectivity index (χ0n) is 13.8. The van der Waals surface area contributed by atoms with Crippen LogP contribution < -0.4 is 5.32 Å². The molecule has 1 heterocycles. The van der Waals surface area contributed by atoms with Crippen LogP contribution in [-0.4, -0.2) is 22.9 Å². The maximum atomic E-state index is 10.7. The van der Waals surface area contributed by atoms with Crippen LogP contribution in [0, 0.1) is 10.1 Å². The Hall–Kier alpha value is -1.76. The summed E-state index contributed by atoms with van der Waals surface area (Å²) in [7, 11) is 2.12. The fraction of sp³-hybridized carbons (Fsp3) is 0.412. The predicted molar refractivity (Wildman–Crippen MR) is 94.6 cm³/mol. The molecule has 0 amide bonds. The summed E-state index contributed by atoms with van der Waals surface area (Å²) in [5.41, 5.74) is 3.48. The van der Waals surface area contributed by atoms with Crippen LogP contribution in [0.1, 0.15) is 30.5 Å². The molecule has 124 valence electrons. The monoisotopic (exact) mass is 333 g/mol. The average molecular weight is 333 g/mol. The van der Waals surface area contributed by atoms with Crippen molar-refractivity contribution in [2.75, 3.05) is 7.05 Å². The molecule has 0 fully saturated rings. The lowest BCUT2D eigenvalue weighted by Crippen LogP contribution is -2.25. The first kappa shape index (κ1) is 17.6. The van der Waals surface area contributed by atoms with Crippen molar-refractivity contribution < 1.29 is 4.92 Å². The van der Waals surface area contributed by atoms with Gasteiger partial charge in [0.15, 0.2) is 0 Å². The number of thiophene rings is 1. The van der Waals surface area contributed by atoms with Crippen molar-refractivity contribution >= 4 is 16.3 Å². The van der Waals surface area contributed by atoms with Gasteiger partial charge >= 0.3 is 5.00 Å². The summed E-state index contributed by atoms with van der Waals surface area (Å²) in [6, 6.07) is 10.7. The van der Waals surface area contributed by atoms with Crippen LogP contribution in [0.15, 0.2) is 35.7 Å². The van der Waals surface area contributed by atoms with E-state index in [1.807, 2.05) is 5.38 Å². The van der Waals surface area contributed by atoms with Crippen LogP contribution in [0.2, 0.25) is 0 Å². The van der Waals surface area contributed by atoms with Crippen molar-refractivity contribution in [2.45, 2.75) is 39.5 Å². The lowest BCUT2D eigenvalue weighted by atomic mass is 10.1. The largest absolute Gasteiger partial charge is 0.324 e. The number of nitrogens with one attached hydrogen (secondary N) is 1. The number of rotatable bonds is 8. The third-order valence-corrected chi connectivity index (χ3v) is 4.71. The van der Waals surface area contributed by atoms with Gasteiger partial charge in [0.2, 0.25) is 0 Å². The lowest BCUT2D eigenvalue weighted by Gasteiger charge is -2.21. The molecule has 0 aliphatic carbocycles. The molecule has 0 saturated carbocycles. The molecule has 23 heavy (non-hydrogen) atoms. The molecule has 0 aliphatic rings. The highest BCUT2D eigenvalue weighted by atomic mass is 32.1.